The number of ether oxygens (including phenoxy) is 2. The number of rotatable bonds is 6. The summed E-state index contributed by atoms with van der Waals surface area (Å²) in [6, 6.07) is 19.0. The van der Waals surface area contributed by atoms with E-state index in [1.807, 2.05) is 67.6 Å². The largest absolute Gasteiger partial charge is 0.457 e. The summed E-state index contributed by atoms with van der Waals surface area (Å²) >= 11 is 0. The van der Waals surface area contributed by atoms with E-state index in [1.54, 1.807) is 0 Å². The Morgan fingerprint density at radius 3 is 1.33 bits per heavy atom. The van der Waals surface area contributed by atoms with Gasteiger partial charge in [0.2, 0.25) is 0 Å². The van der Waals surface area contributed by atoms with Crippen LogP contribution in [0, 0.1) is 5.92 Å². The van der Waals surface area contributed by atoms with Crippen LogP contribution in [0.15, 0.2) is 60.7 Å². The minimum Gasteiger partial charge on any atom is -0.457 e. The second-order valence-electron chi connectivity index (χ2n) is 5.74. The molecule has 0 saturated heterocycles. The third kappa shape index (κ3) is 4.69. The van der Waals surface area contributed by atoms with Crippen molar-refractivity contribution in [2.45, 2.75) is 33.0 Å². The molecule has 0 heterocycles. The van der Waals surface area contributed by atoms with Gasteiger partial charge in [-0.2, -0.15) is 0 Å². The summed E-state index contributed by atoms with van der Waals surface area (Å²) in [5.74, 6) is -0.988. The zero-order valence-electron chi connectivity index (χ0n) is 14.1. The highest BCUT2D eigenvalue weighted by atomic mass is 16.6. The Balaban J connectivity index is 2.38. The second kappa shape index (κ2) is 8.29. The summed E-state index contributed by atoms with van der Waals surface area (Å²) in [6.07, 6.45) is -1.01. The van der Waals surface area contributed by atoms with Crippen molar-refractivity contribution >= 4 is 11.9 Å². The lowest BCUT2D eigenvalue weighted by molar-refractivity contribution is -0.159. The van der Waals surface area contributed by atoms with Gasteiger partial charge >= 0.3 is 11.9 Å². The Kier molecular flexibility index (Phi) is 6.13. The van der Waals surface area contributed by atoms with E-state index < -0.39 is 12.2 Å². The van der Waals surface area contributed by atoms with E-state index in [9.17, 15) is 9.59 Å². The summed E-state index contributed by atoms with van der Waals surface area (Å²) in [6.45, 7) is 4.68. The molecule has 24 heavy (non-hydrogen) atoms. The van der Waals surface area contributed by atoms with Gasteiger partial charge in [0, 0.05) is 19.8 Å². The maximum absolute atomic E-state index is 11.6. The average molecular weight is 326 g/mol. The highest BCUT2D eigenvalue weighted by molar-refractivity contribution is 5.67. The molecule has 0 amide bonds. The number of hydrogen-bond donors (Lipinski definition) is 0. The quantitative estimate of drug-likeness (QED) is 0.745. The lowest BCUT2D eigenvalue weighted by atomic mass is 9.88. The molecule has 0 bridgehead atoms. The van der Waals surface area contributed by atoms with Crippen LogP contribution in [0.25, 0.3) is 0 Å². The molecular formula is C20H22O4. The van der Waals surface area contributed by atoms with Crippen molar-refractivity contribution in [2.75, 3.05) is 0 Å². The molecule has 0 aliphatic carbocycles. The van der Waals surface area contributed by atoms with Crippen molar-refractivity contribution < 1.29 is 19.1 Å². The molecule has 126 valence electrons. The zero-order valence-corrected chi connectivity index (χ0v) is 14.1. The summed E-state index contributed by atoms with van der Waals surface area (Å²) in [5.41, 5.74) is 1.74. The average Bonchev–Trinajstić information content (AvgIpc) is 2.58. The smallest absolute Gasteiger partial charge is 0.303 e. The van der Waals surface area contributed by atoms with E-state index in [0.29, 0.717) is 0 Å². The van der Waals surface area contributed by atoms with Crippen LogP contribution < -0.4 is 0 Å². The van der Waals surface area contributed by atoms with Gasteiger partial charge in [0.1, 0.15) is 12.2 Å². The number of carbonyl (C=O) groups is 2. The van der Waals surface area contributed by atoms with Crippen molar-refractivity contribution in [1.82, 2.24) is 0 Å². The van der Waals surface area contributed by atoms with Gasteiger partial charge in [0.25, 0.3) is 0 Å². The molecular weight excluding hydrogens is 304 g/mol. The molecule has 0 radical (unpaired) electrons. The maximum Gasteiger partial charge on any atom is 0.303 e. The fourth-order valence-corrected chi connectivity index (χ4v) is 2.76. The highest BCUT2D eigenvalue weighted by Gasteiger charge is 2.32. The highest BCUT2D eigenvalue weighted by Crippen LogP contribution is 2.37. The fraction of sp³-hybridized carbons (Fsp3) is 0.300. The summed E-state index contributed by atoms with van der Waals surface area (Å²) in [5, 5.41) is 0. The molecule has 2 aromatic rings. The molecule has 0 fully saturated rings. The number of carbonyl (C=O) groups excluding carboxylic acids is 2. The van der Waals surface area contributed by atoms with E-state index in [0.717, 1.165) is 11.1 Å². The standard InChI is InChI=1S/C20H22O4/c1-14(19(23-15(2)21)17-10-6-4-7-11-17)20(24-16(3)22)18-12-8-5-9-13-18/h4-14,19-20H,1-3H3. The molecule has 0 aliphatic rings. The van der Waals surface area contributed by atoms with Crippen LogP contribution in [0.5, 0.6) is 0 Å². The number of hydrogen-bond acceptors (Lipinski definition) is 4. The topological polar surface area (TPSA) is 52.6 Å². The van der Waals surface area contributed by atoms with Gasteiger partial charge in [-0.1, -0.05) is 67.6 Å². The first-order chi connectivity index (χ1) is 11.5. The van der Waals surface area contributed by atoms with Crippen molar-refractivity contribution in [3.05, 3.63) is 71.8 Å². The molecule has 0 N–H and O–H groups in total. The first-order valence-corrected chi connectivity index (χ1v) is 7.93. The van der Waals surface area contributed by atoms with Crippen LogP contribution in [0.3, 0.4) is 0 Å². The first kappa shape index (κ1) is 17.7. The summed E-state index contributed by atoms with van der Waals surface area (Å²) in [7, 11) is 0. The molecule has 0 spiro atoms. The molecule has 2 unspecified atom stereocenters. The lowest BCUT2D eigenvalue weighted by Crippen LogP contribution is -2.25. The Morgan fingerprint density at radius 1 is 0.708 bits per heavy atom. The fourth-order valence-electron chi connectivity index (χ4n) is 2.76. The Hall–Kier alpha value is -2.62. The van der Waals surface area contributed by atoms with E-state index >= 15 is 0 Å². The van der Waals surface area contributed by atoms with Crippen LogP contribution in [-0.4, -0.2) is 11.9 Å². The third-order valence-corrected chi connectivity index (χ3v) is 3.80. The third-order valence-electron chi connectivity index (χ3n) is 3.80. The van der Waals surface area contributed by atoms with Crippen LogP contribution in [-0.2, 0) is 19.1 Å². The number of esters is 2. The van der Waals surface area contributed by atoms with E-state index in [2.05, 4.69) is 0 Å². The molecule has 0 aromatic heterocycles. The van der Waals surface area contributed by atoms with Gasteiger partial charge in [-0.05, 0) is 11.1 Å². The van der Waals surface area contributed by atoms with Gasteiger partial charge in [0.05, 0.1) is 0 Å². The molecule has 0 aliphatic heterocycles. The zero-order chi connectivity index (χ0) is 17.5. The monoisotopic (exact) mass is 326 g/mol. The molecule has 4 nitrogen and oxygen atoms in total. The molecule has 2 aromatic carbocycles. The minimum atomic E-state index is -0.506. The Morgan fingerprint density at radius 2 is 1.04 bits per heavy atom. The van der Waals surface area contributed by atoms with Gasteiger partial charge < -0.3 is 9.47 Å². The molecule has 2 atom stereocenters. The van der Waals surface area contributed by atoms with Gasteiger partial charge in [-0.15, -0.1) is 0 Å². The molecule has 4 heteroatoms. The Bertz CT molecular complexity index is 607. The van der Waals surface area contributed by atoms with Crippen molar-refractivity contribution in [3.8, 4) is 0 Å². The molecule has 2 rings (SSSR count). The van der Waals surface area contributed by atoms with Gasteiger partial charge in [-0.25, -0.2) is 0 Å². The van der Waals surface area contributed by atoms with E-state index in [-0.39, 0.29) is 17.9 Å². The van der Waals surface area contributed by atoms with Gasteiger partial charge in [-0.3, -0.25) is 9.59 Å². The van der Waals surface area contributed by atoms with Crippen molar-refractivity contribution in [2.24, 2.45) is 5.92 Å². The summed E-state index contributed by atoms with van der Waals surface area (Å²) in [4.78, 5) is 23.2. The van der Waals surface area contributed by atoms with Crippen LogP contribution >= 0.6 is 0 Å². The van der Waals surface area contributed by atoms with Crippen LogP contribution in [0.1, 0.15) is 44.1 Å². The minimum absolute atomic E-state index is 0.248. The van der Waals surface area contributed by atoms with E-state index in [1.165, 1.54) is 13.8 Å². The van der Waals surface area contributed by atoms with Crippen LogP contribution in [0.4, 0.5) is 0 Å². The maximum atomic E-state index is 11.6. The van der Waals surface area contributed by atoms with Gasteiger partial charge in [0.15, 0.2) is 0 Å². The summed E-state index contributed by atoms with van der Waals surface area (Å²) < 4.78 is 11.1. The first-order valence-electron chi connectivity index (χ1n) is 7.93. The second-order valence-corrected chi connectivity index (χ2v) is 5.74. The van der Waals surface area contributed by atoms with Crippen LogP contribution in [0.2, 0.25) is 0 Å². The predicted octanol–water partition coefficient (Wildman–Crippen LogP) is 4.23. The van der Waals surface area contributed by atoms with Crippen molar-refractivity contribution in [3.63, 3.8) is 0 Å². The predicted molar refractivity (Wildman–Crippen MR) is 91.1 cm³/mol. The lowest BCUT2D eigenvalue weighted by Gasteiger charge is -2.30. The molecule has 0 saturated carbocycles. The number of benzene rings is 2. The van der Waals surface area contributed by atoms with E-state index in [4.69, 9.17) is 9.47 Å². The Labute approximate surface area is 142 Å². The normalized spacial score (nSPS) is 14.3. The SMILES string of the molecule is CC(=O)OC(c1ccccc1)C(C)C(OC(C)=O)c1ccccc1. The van der Waals surface area contributed by atoms with Crippen molar-refractivity contribution in [1.29, 1.82) is 0 Å².